The van der Waals surface area contributed by atoms with Gasteiger partial charge in [-0.25, -0.2) is 0 Å². The van der Waals surface area contributed by atoms with E-state index in [-0.39, 0.29) is 5.78 Å². The molecular formula is C28H26Cl2N4O2. The predicted molar refractivity (Wildman–Crippen MR) is 145 cm³/mol. The Hall–Kier alpha value is -3.22. The molecule has 4 aromatic rings. The van der Waals surface area contributed by atoms with Crippen molar-refractivity contribution in [1.82, 2.24) is 15.0 Å². The highest BCUT2D eigenvalue weighted by Gasteiger charge is 2.23. The minimum absolute atomic E-state index is 0.0794. The van der Waals surface area contributed by atoms with E-state index < -0.39 is 0 Å². The van der Waals surface area contributed by atoms with Gasteiger partial charge in [0, 0.05) is 71.9 Å². The number of ether oxygens (including phenoxy) is 1. The van der Waals surface area contributed by atoms with Gasteiger partial charge in [0.05, 0.1) is 29.1 Å². The van der Waals surface area contributed by atoms with Crippen molar-refractivity contribution in [1.29, 1.82) is 0 Å². The van der Waals surface area contributed by atoms with E-state index in [2.05, 4.69) is 15.0 Å². The van der Waals surface area contributed by atoms with Crippen molar-refractivity contribution in [2.75, 3.05) is 25.6 Å². The molecule has 0 N–H and O–H groups in total. The first-order valence-corrected chi connectivity index (χ1v) is 12.7. The van der Waals surface area contributed by atoms with Crippen LogP contribution in [0.5, 0.6) is 5.75 Å². The first kappa shape index (κ1) is 24.5. The van der Waals surface area contributed by atoms with E-state index in [1.807, 2.05) is 49.5 Å². The van der Waals surface area contributed by atoms with Gasteiger partial charge < -0.3 is 9.64 Å². The van der Waals surface area contributed by atoms with Crippen molar-refractivity contribution in [2.24, 2.45) is 0 Å². The molecule has 8 heteroatoms. The number of ketones is 1. The summed E-state index contributed by atoms with van der Waals surface area (Å²) in [5.41, 5.74) is 4.73. The predicted octanol–water partition coefficient (Wildman–Crippen LogP) is 6.98. The number of fused-ring (bicyclic) bond motifs is 2. The largest absolute Gasteiger partial charge is 0.493 e. The lowest BCUT2D eigenvalue weighted by Crippen LogP contribution is -2.16. The van der Waals surface area contributed by atoms with Gasteiger partial charge >= 0.3 is 0 Å². The Kier molecular flexibility index (Phi) is 7.08. The fraction of sp³-hybridized carbons (Fsp3) is 0.286. The van der Waals surface area contributed by atoms with Gasteiger partial charge in [0.25, 0.3) is 0 Å². The summed E-state index contributed by atoms with van der Waals surface area (Å²) in [5.74, 6) is 1.35. The molecule has 0 unspecified atom stereocenters. The highest BCUT2D eigenvalue weighted by atomic mass is 35.5. The number of hydrogen-bond donors (Lipinski definition) is 0. The average molecular weight is 521 g/mol. The number of carbonyl (C=O) groups is 1. The van der Waals surface area contributed by atoms with Crippen LogP contribution in [0.3, 0.4) is 0 Å². The molecule has 4 heterocycles. The molecule has 1 aromatic carbocycles. The summed E-state index contributed by atoms with van der Waals surface area (Å²) in [5, 5.41) is 1.91. The van der Waals surface area contributed by atoms with E-state index in [1.165, 1.54) is 0 Å². The summed E-state index contributed by atoms with van der Waals surface area (Å²) in [4.78, 5) is 28.9. The van der Waals surface area contributed by atoms with Crippen LogP contribution in [0.15, 0.2) is 55.1 Å². The summed E-state index contributed by atoms with van der Waals surface area (Å²) < 4.78 is 5.75. The maximum absolute atomic E-state index is 13.4. The van der Waals surface area contributed by atoms with Crippen molar-refractivity contribution in [3.63, 3.8) is 0 Å². The second-order valence-electron chi connectivity index (χ2n) is 9.19. The fourth-order valence-corrected chi connectivity index (χ4v) is 5.47. The van der Waals surface area contributed by atoms with Crippen molar-refractivity contribution in [2.45, 2.75) is 31.6 Å². The molecule has 3 aromatic heterocycles. The van der Waals surface area contributed by atoms with E-state index in [0.29, 0.717) is 45.8 Å². The molecule has 0 saturated carbocycles. The monoisotopic (exact) mass is 520 g/mol. The molecule has 0 bridgehead atoms. The summed E-state index contributed by atoms with van der Waals surface area (Å²) >= 11 is 12.5. The number of halogens is 2. The number of carbonyl (C=O) groups excluding carboxylic acids is 1. The number of anilines is 1. The van der Waals surface area contributed by atoms with Crippen LogP contribution in [0.25, 0.3) is 22.2 Å². The first-order valence-electron chi connectivity index (χ1n) is 11.9. The second kappa shape index (κ2) is 10.4. The molecular weight excluding hydrogens is 495 g/mol. The van der Waals surface area contributed by atoms with E-state index in [9.17, 15) is 4.79 Å². The van der Waals surface area contributed by atoms with Gasteiger partial charge in [0.15, 0.2) is 5.78 Å². The molecule has 0 saturated heterocycles. The fourth-order valence-electron chi connectivity index (χ4n) is 4.94. The lowest BCUT2D eigenvalue weighted by molar-refractivity contribution is 0.0978. The Balaban J connectivity index is 1.41. The molecule has 36 heavy (non-hydrogen) atoms. The van der Waals surface area contributed by atoms with Crippen LogP contribution in [0, 0.1) is 0 Å². The normalized spacial score (nSPS) is 14.8. The number of benzene rings is 1. The number of Topliss-reactive ketones (excluding diaryl/α,β-unsaturated/α-hetero) is 1. The third-order valence-electron chi connectivity index (χ3n) is 6.57. The van der Waals surface area contributed by atoms with Crippen LogP contribution in [-0.4, -0.2) is 41.4 Å². The van der Waals surface area contributed by atoms with E-state index in [1.54, 1.807) is 24.7 Å². The zero-order valence-corrected chi connectivity index (χ0v) is 21.7. The second-order valence-corrected chi connectivity index (χ2v) is 10.1. The summed E-state index contributed by atoms with van der Waals surface area (Å²) in [7, 11) is 3.88. The third-order valence-corrected chi connectivity index (χ3v) is 7.01. The van der Waals surface area contributed by atoms with Crippen molar-refractivity contribution in [3.05, 3.63) is 76.3 Å². The molecule has 0 radical (unpaired) electrons. The van der Waals surface area contributed by atoms with Crippen molar-refractivity contribution < 1.29 is 9.53 Å². The SMILES string of the molecule is CN(C)c1c(C(=O)CCC[C@H]2CCOc3ccncc32)cnc2c(-c3cc(Cl)cc(Cl)c3)nccc12. The van der Waals surface area contributed by atoms with Crippen LogP contribution in [0.1, 0.15) is 47.5 Å². The van der Waals surface area contributed by atoms with E-state index >= 15 is 0 Å². The maximum Gasteiger partial charge on any atom is 0.166 e. The molecule has 0 spiro atoms. The Morgan fingerprint density at radius 3 is 2.67 bits per heavy atom. The Morgan fingerprint density at radius 2 is 1.89 bits per heavy atom. The minimum Gasteiger partial charge on any atom is -0.493 e. The number of aromatic nitrogens is 3. The summed E-state index contributed by atoms with van der Waals surface area (Å²) in [6.45, 7) is 0.698. The summed E-state index contributed by atoms with van der Waals surface area (Å²) in [6.07, 6.45) is 10.1. The summed E-state index contributed by atoms with van der Waals surface area (Å²) in [6, 6.07) is 9.13. The number of nitrogens with zero attached hydrogens (tertiary/aromatic N) is 4. The Morgan fingerprint density at radius 1 is 1.08 bits per heavy atom. The van der Waals surface area contributed by atoms with Crippen molar-refractivity contribution >= 4 is 45.6 Å². The van der Waals surface area contributed by atoms with Gasteiger partial charge in [-0.1, -0.05) is 23.2 Å². The first-order chi connectivity index (χ1) is 17.4. The van der Waals surface area contributed by atoms with Gasteiger partial charge in [0.2, 0.25) is 0 Å². The molecule has 0 amide bonds. The van der Waals surface area contributed by atoms with Crippen molar-refractivity contribution in [3.8, 4) is 17.0 Å². The van der Waals surface area contributed by atoms with Crippen LogP contribution >= 0.6 is 23.2 Å². The van der Waals surface area contributed by atoms with Gasteiger partial charge in [-0.05, 0) is 55.5 Å². The van der Waals surface area contributed by atoms with Gasteiger partial charge in [-0.2, -0.15) is 0 Å². The molecule has 5 rings (SSSR count). The molecule has 1 aliphatic heterocycles. The Labute approximate surface area is 220 Å². The van der Waals surface area contributed by atoms with Gasteiger partial charge in [0.1, 0.15) is 5.75 Å². The molecule has 6 nitrogen and oxygen atoms in total. The van der Waals surface area contributed by atoms with E-state index in [0.717, 1.165) is 47.2 Å². The molecule has 1 atom stereocenters. The van der Waals surface area contributed by atoms with Crippen LogP contribution in [-0.2, 0) is 0 Å². The minimum atomic E-state index is 0.0794. The number of pyridine rings is 3. The lowest BCUT2D eigenvalue weighted by Gasteiger charge is -2.25. The quantitative estimate of drug-likeness (QED) is 0.244. The molecule has 0 aliphatic carbocycles. The van der Waals surface area contributed by atoms with E-state index in [4.69, 9.17) is 27.9 Å². The number of rotatable bonds is 7. The average Bonchev–Trinajstić information content (AvgIpc) is 2.87. The standard InChI is InChI=1S/C28H26Cl2N4O2/c1-34(2)28-21-6-10-32-26(18-12-19(29)14-20(30)13-18)27(21)33-16-23(28)24(35)5-3-4-17-8-11-36-25-7-9-31-15-22(17)25/h6-7,9-10,12-17H,3-5,8,11H2,1-2H3/t17-/m0/s1. The molecule has 1 aliphatic rings. The van der Waals surface area contributed by atoms with Crippen LogP contribution < -0.4 is 9.64 Å². The van der Waals surface area contributed by atoms with Gasteiger partial charge in [-0.15, -0.1) is 0 Å². The number of hydrogen-bond acceptors (Lipinski definition) is 6. The lowest BCUT2D eigenvalue weighted by atomic mass is 9.89. The van der Waals surface area contributed by atoms with Gasteiger partial charge in [-0.3, -0.25) is 19.7 Å². The highest BCUT2D eigenvalue weighted by molar-refractivity contribution is 6.35. The highest BCUT2D eigenvalue weighted by Crippen LogP contribution is 2.37. The topological polar surface area (TPSA) is 68.2 Å². The zero-order valence-electron chi connectivity index (χ0n) is 20.2. The maximum atomic E-state index is 13.4. The Bertz CT molecular complexity index is 1420. The smallest absolute Gasteiger partial charge is 0.166 e. The zero-order chi connectivity index (χ0) is 25.2. The molecule has 184 valence electrons. The van der Waals surface area contributed by atoms with Crippen LogP contribution in [0.2, 0.25) is 10.0 Å². The third kappa shape index (κ3) is 4.88. The van der Waals surface area contributed by atoms with Crippen LogP contribution in [0.4, 0.5) is 5.69 Å². The molecule has 0 fully saturated rings.